The fourth-order valence-electron chi connectivity index (χ4n) is 1.57. The van der Waals surface area contributed by atoms with Crippen LogP contribution in [0.1, 0.15) is 5.56 Å². The van der Waals surface area contributed by atoms with Crippen molar-refractivity contribution in [3.8, 4) is 0 Å². The van der Waals surface area contributed by atoms with Crippen molar-refractivity contribution in [2.24, 2.45) is 0 Å². The topological polar surface area (TPSA) is 40.6 Å². The average molecular weight is 262 g/mol. The van der Waals surface area contributed by atoms with Crippen molar-refractivity contribution < 1.29 is 9.59 Å². The molecular formula is C13H14N2O2S. The van der Waals surface area contributed by atoms with Gasteiger partial charge in [0, 0.05) is 26.8 Å². The monoisotopic (exact) mass is 262 g/mol. The molecule has 1 aliphatic heterocycles. The molecule has 0 bridgehead atoms. The fourth-order valence-corrected chi connectivity index (χ4v) is 2.39. The smallest absolute Gasteiger partial charge is 0.293 e. The zero-order chi connectivity index (χ0) is 13.3. The minimum atomic E-state index is -0.235. The van der Waals surface area contributed by atoms with E-state index in [0.717, 1.165) is 27.9 Å². The molecule has 0 N–H and O–H groups in total. The molecule has 2 rings (SSSR count). The van der Waals surface area contributed by atoms with Crippen LogP contribution in [0.15, 0.2) is 29.2 Å². The quantitative estimate of drug-likeness (QED) is 0.767. The number of benzene rings is 1. The minimum Gasteiger partial charge on any atom is -0.378 e. The third-order valence-corrected chi connectivity index (χ3v) is 3.65. The third kappa shape index (κ3) is 2.41. The summed E-state index contributed by atoms with van der Waals surface area (Å²) in [6.45, 7) is 0. The van der Waals surface area contributed by atoms with Gasteiger partial charge in [0.1, 0.15) is 0 Å². The van der Waals surface area contributed by atoms with Crippen LogP contribution in [-0.4, -0.2) is 37.2 Å². The normalized spacial score (nSPS) is 17.7. The van der Waals surface area contributed by atoms with E-state index in [1.807, 2.05) is 43.3 Å². The van der Waals surface area contributed by atoms with Gasteiger partial charge in [0.25, 0.3) is 11.1 Å². The van der Waals surface area contributed by atoms with Crippen LogP contribution in [0.2, 0.25) is 0 Å². The van der Waals surface area contributed by atoms with Crippen molar-refractivity contribution in [1.29, 1.82) is 0 Å². The van der Waals surface area contributed by atoms with Crippen LogP contribution in [0.3, 0.4) is 0 Å². The van der Waals surface area contributed by atoms with E-state index in [2.05, 4.69) is 0 Å². The lowest BCUT2D eigenvalue weighted by Crippen LogP contribution is -2.22. The second kappa shape index (κ2) is 4.86. The minimum absolute atomic E-state index is 0.226. The van der Waals surface area contributed by atoms with Crippen molar-refractivity contribution in [3.63, 3.8) is 0 Å². The fraction of sp³-hybridized carbons (Fsp3) is 0.231. The maximum atomic E-state index is 11.7. The SMILES string of the molecule is CN1C(=O)SC(=Cc2ccc(N(C)C)cc2)C1=O. The number of anilines is 1. The Morgan fingerprint density at radius 2 is 1.78 bits per heavy atom. The number of carbonyl (C=O) groups is 2. The molecule has 5 heteroatoms. The molecule has 2 amide bonds. The Morgan fingerprint density at radius 1 is 1.17 bits per heavy atom. The predicted octanol–water partition coefficient (Wildman–Crippen LogP) is 2.42. The molecule has 0 atom stereocenters. The second-order valence-electron chi connectivity index (χ2n) is 4.23. The van der Waals surface area contributed by atoms with Crippen LogP contribution in [0.25, 0.3) is 6.08 Å². The summed E-state index contributed by atoms with van der Waals surface area (Å²) in [4.78, 5) is 26.7. The van der Waals surface area contributed by atoms with Gasteiger partial charge in [0.15, 0.2) is 0 Å². The first-order chi connectivity index (χ1) is 8.49. The summed E-state index contributed by atoms with van der Waals surface area (Å²) in [5, 5.41) is -0.226. The van der Waals surface area contributed by atoms with E-state index < -0.39 is 0 Å². The molecule has 18 heavy (non-hydrogen) atoms. The van der Waals surface area contributed by atoms with Gasteiger partial charge in [0.05, 0.1) is 4.91 Å². The molecule has 1 saturated heterocycles. The van der Waals surface area contributed by atoms with E-state index in [0.29, 0.717) is 4.91 Å². The van der Waals surface area contributed by atoms with Crippen LogP contribution in [0.5, 0.6) is 0 Å². The first kappa shape index (κ1) is 12.7. The molecule has 4 nitrogen and oxygen atoms in total. The lowest BCUT2D eigenvalue weighted by atomic mass is 10.2. The van der Waals surface area contributed by atoms with E-state index >= 15 is 0 Å². The number of hydrogen-bond donors (Lipinski definition) is 0. The first-order valence-corrected chi connectivity index (χ1v) is 6.29. The van der Waals surface area contributed by atoms with Crippen LogP contribution < -0.4 is 4.90 Å². The maximum absolute atomic E-state index is 11.7. The number of hydrogen-bond acceptors (Lipinski definition) is 4. The molecule has 0 aromatic heterocycles. The predicted molar refractivity (Wildman–Crippen MR) is 74.5 cm³/mol. The summed E-state index contributed by atoms with van der Waals surface area (Å²) < 4.78 is 0. The van der Waals surface area contributed by atoms with Gasteiger partial charge in [0.2, 0.25) is 0 Å². The largest absolute Gasteiger partial charge is 0.378 e. The van der Waals surface area contributed by atoms with E-state index in [1.54, 1.807) is 6.08 Å². The number of thioether (sulfide) groups is 1. The third-order valence-electron chi connectivity index (χ3n) is 2.69. The molecule has 1 fully saturated rings. The van der Waals surface area contributed by atoms with Gasteiger partial charge < -0.3 is 4.90 Å². The number of likely N-dealkylation sites (N-methyl/N-ethyl adjacent to an activating group) is 1. The zero-order valence-electron chi connectivity index (χ0n) is 10.5. The summed E-state index contributed by atoms with van der Waals surface area (Å²) in [7, 11) is 5.43. The maximum Gasteiger partial charge on any atom is 0.293 e. The number of carbonyl (C=O) groups excluding carboxylic acids is 2. The molecule has 0 unspecified atom stereocenters. The molecule has 0 aliphatic carbocycles. The Morgan fingerprint density at radius 3 is 2.22 bits per heavy atom. The molecule has 0 radical (unpaired) electrons. The van der Waals surface area contributed by atoms with Gasteiger partial charge in [-0.15, -0.1) is 0 Å². The van der Waals surface area contributed by atoms with Crippen LogP contribution >= 0.6 is 11.8 Å². The number of nitrogens with zero attached hydrogens (tertiary/aromatic N) is 2. The molecule has 0 saturated carbocycles. The van der Waals surface area contributed by atoms with Gasteiger partial charge in [-0.05, 0) is 35.5 Å². The highest BCUT2D eigenvalue weighted by Crippen LogP contribution is 2.31. The summed E-state index contributed by atoms with van der Waals surface area (Å²) in [6, 6.07) is 7.81. The Hall–Kier alpha value is -1.75. The molecule has 1 heterocycles. The van der Waals surface area contributed by atoms with Crippen molar-refractivity contribution >= 4 is 34.7 Å². The zero-order valence-corrected chi connectivity index (χ0v) is 11.3. The average Bonchev–Trinajstić information content (AvgIpc) is 2.58. The Balaban J connectivity index is 2.24. The first-order valence-electron chi connectivity index (χ1n) is 5.48. The van der Waals surface area contributed by atoms with Crippen molar-refractivity contribution in [2.45, 2.75) is 0 Å². The second-order valence-corrected chi connectivity index (χ2v) is 5.22. The lowest BCUT2D eigenvalue weighted by Gasteiger charge is -2.11. The van der Waals surface area contributed by atoms with E-state index in [1.165, 1.54) is 7.05 Å². The lowest BCUT2D eigenvalue weighted by molar-refractivity contribution is -0.121. The standard InChI is InChI=1S/C13H14N2O2S/c1-14(2)10-6-4-9(5-7-10)8-11-12(16)15(3)13(17)18-11/h4-8H,1-3H3. The van der Waals surface area contributed by atoms with Crippen LogP contribution in [0, 0.1) is 0 Å². The summed E-state index contributed by atoms with van der Waals surface area (Å²) in [5.41, 5.74) is 2.01. The molecular weight excluding hydrogens is 248 g/mol. The molecule has 1 aromatic rings. The van der Waals surface area contributed by atoms with E-state index in [4.69, 9.17) is 0 Å². The molecule has 1 aliphatic rings. The number of rotatable bonds is 2. The molecule has 1 aromatic carbocycles. The highest BCUT2D eigenvalue weighted by molar-refractivity contribution is 8.18. The Kier molecular flexibility index (Phi) is 3.43. The van der Waals surface area contributed by atoms with E-state index in [-0.39, 0.29) is 11.1 Å². The molecule has 0 spiro atoms. The number of amides is 2. The van der Waals surface area contributed by atoms with Crippen molar-refractivity contribution in [2.75, 3.05) is 26.0 Å². The molecule has 94 valence electrons. The van der Waals surface area contributed by atoms with Gasteiger partial charge in [-0.3, -0.25) is 14.5 Å². The van der Waals surface area contributed by atoms with E-state index in [9.17, 15) is 9.59 Å². The van der Waals surface area contributed by atoms with Gasteiger partial charge in [-0.25, -0.2) is 0 Å². The Labute approximate surface area is 110 Å². The summed E-state index contributed by atoms with van der Waals surface area (Å²) >= 11 is 0.975. The van der Waals surface area contributed by atoms with Gasteiger partial charge in [-0.1, -0.05) is 12.1 Å². The van der Waals surface area contributed by atoms with Gasteiger partial charge >= 0.3 is 0 Å². The highest BCUT2D eigenvalue weighted by Gasteiger charge is 2.31. The highest BCUT2D eigenvalue weighted by atomic mass is 32.2. The van der Waals surface area contributed by atoms with Crippen LogP contribution in [0.4, 0.5) is 10.5 Å². The summed E-state index contributed by atoms with van der Waals surface area (Å²) in [5.74, 6) is -0.235. The summed E-state index contributed by atoms with van der Waals surface area (Å²) in [6.07, 6.45) is 1.74. The van der Waals surface area contributed by atoms with Gasteiger partial charge in [-0.2, -0.15) is 0 Å². The van der Waals surface area contributed by atoms with Crippen LogP contribution in [-0.2, 0) is 4.79 Å². The van der Waals surface area contributed by atoms with Crippen molar-refractivity contribution in [1.82, 2.24) is 4.90 Å². The Bertz CT molecular complexity index is 520. The number of imide groups is 1. The van der Waals surface area contributed by atoms with Crippen molar-refractivity contribution in [3.05, 3.63) is 34.7 Å².